The van der Waals surface area contributed by atoms with Crippen LogP contribution in [0.3, 0.4) is 0 Å². The summed E-state index contributed by atoms with van der Waals surface area (Å²) in [6.45, 7) is 27.0. The van der Waals surface area contributed by atoms with E-state index >= 15 is 0 Å². The number of carbonyl (C=O) groups excluding carboxylic acids is 4. The van der Waals surface area contributed by atoms with Gasteiger partial charge in [0.15, 0.2) is 0 Å². The average Bonchev–Trinajstić information content (AvgIpc) is 4.36. The second-order valence-corrected chi connectivity index (χ2v) is 14.7. The molecule has 7 rings (SSSR count). The van der Waals surface area contributed by atoms with E-state index in [4.69, 9.17) is 64.1 Å². The predicted octanol–water partition coefficient (Wildman–Crippen LogP) is 10.1. The molecule has 7 heterocycles. The Kier molecular flexibility index (Phi) is 738. The molecule has 27 nitrogen and oxygen atoms in total. The monoisotopic (exact) mass is 3030 g/mol. The molecular formula is C54H131N17O10P5V8W7-5. The molecule has 101 heavy (non-hydrogen) atoms. The summed E-state index contributed by atoms with van der Waals surface area (Å²) in [4.78, 5) is 70.0. The minimum atomic E-state index is 0. The van der Waals surface area contributed by atoms with Crippen molar-refractivity contribution in [1.82, 2.24) is 55.9 Å². The van der Waals surface area contributed by atoms with Gasteiger partial charge in [0.25, 0.3) is 0 Å². The number of amides is 4. The first-order valence-electron chi connectivity index (χ1n) is 23.9. The van der Waals surface area contributed by atoms with Crippen molar-refractivity contribution in [1.29, 1.82) is 0 Å². The van der Waals surface area contributed by atoms with Crippen molar-refractivity contribution in [2.75, 3.05) is 116 Å². The van der Waals surface area contributed by atoms with E-state index in [1.165, 1.54) is 106 Å². The summed E-state index contributed by atoms with van der Waals surface area (Å²) in [5, 5.41) is 40.2. The molecule has 7 saturated heterocycles. The Morgan fingerprint density at radius 3 is 0.505 bits per heavy atom. The molecule has 0 aromatic rings. The number of nitrogens with zero attached hydrogens (tertiary/aromatic N) is 4. The van der Waals surface area contributed by atoms with E-state index in [1.807, 2.05) is 54.4 Å². The smallest absolute Gasteiger partial charge is 0.680 e. The second kappa shape index (κ2) is 313. The molecule has 0 bridgehead atoms. The van der Waals surface area contributed by atoms with Gasteiger partial charge in [-0.05, 0) is 74.0 Å². The molecular weight excluding hydrogens is 2900 g/mol. The van der Waals surface area contributed by atoms with E-state index in [0.29, 0.717) is 19.4 Å². The zero-order valence-corrected chi connectivity index (χ0v) is 96.8. The molecule has 0 aromatic heterocycles. The SMILES string of the molecule is C.C.C.CNP.CNP.CNP.CNP.C[NH-].C[NH-].C[NH-].C[NH-].C[NH-].C[NH-].O=[C-]N1[CH-]CCC1.O=[C-]N1[CH-]CCC1.O=[C-]N1[CH-]CCC1.O=[C-]N1[CH-]CCC1.O=[C-]O.O=[C-]O.O=[C-]O.[CH-]1CCCN1.[CH-]1CCCN1.[CH-]1CCCN1.[CH-]=CP.[CH3-].[CH3-].[CH3-].[CH3-].[V+2].[V+2].[V+2].[V+2].[V+2].[V+2].[V+2].[V+2].[W+2].[W+2].[W].[W].[W].[W].[W]. The van der Waals surface area contributed by atoms with Gasteiger partial charge < -0.3 is 175 Å². The molecule has 7 aliphatic rings. The maximum atomic E-state index is 9.78. The van der Waals surface area contributed by atoms with Crippen LogP contribution in [0, 0.1) is 82.1 Å². The van der Waals surface area contributed by atoms with Gasteiger partial charge in [0.1, 0.15) is 0 Å². The van der Waals surface area contributed by atoms with Crippen molar-refractivity contribution in [3.63, 3.8) is 0 Å². The molecule has 0 aliphatic carbocycles. The first kappa shape index (κ1) is 239. The fraction of sp³-hybridized carbons (Fsp3) is 0.630. The van der Waals surface area contributed by atoms with E-state index < -0.39 is 0 Å². The summed E-state index contributed by atoms with van der Waals surface area (Å²) < 4.78 is 0. The molecule has 7 aliphatic heterocycles. The number of hydrogen-bond donors (Lipinski definition) is 10. The van der Waals surface area contributed by atoms with Gasteiger partial charge >= 0.3 is 191 Å². The molecule has 0 saturated carbocycles. The molecule has 8 radical (unpaired) electrons. The van der Waals surface area contributed by atoms with Gasteiger partial charge in [0, 0.05) is 105 Å². The molecule has 5 unspecified atom stereocenters. The minimum Gasteiger partial charge on any atom is -0.680 e. The Bertz CT molecular complexity index is 866. The maximum Gasteiger partial charge on any atom is 2.00 e. The second-order valence-electron chi connectivity index (χ2n) is 12.0. The number of aliphatic hydroxyl groups excluding tert-OH is 3. The van der Waals surface area contributed by atoms with Crippen LogP contribution in [0.2, 0.25) is 0 Å². The first-order chi connectivity index (χ1) is 38.5. The number of hydrogen-bond acceptors (Lipinski definition) is 14. The maximum absolute atomic E-state index is 9.78. The van der Waals surface area contributed by atoms with E-state index in [2.05, 4.69) is 109 Å². The summed E-state index contributed by atoms with van der Waals surface area (Å²) >= 11 is 0. The van der Waals surface area contributed by atoms with Crippen molar-refractivity contribution in [3.05, 3.63) is 122 Å². The van der Waals surface area contributed by atoms with Crippen LogP contribution in [0.5, 0.6) is 0 Å². The number of nitrogens with one attached hydrogen (secondary N) is 13. The largest absolute Gasteiger partial charge is 2.00 e. The van der Waals surface area contributed by atoms with Crippen LogP contribution in [-0.4, -0.2) is 196 Å². The van der Waals surface area contributed by atoms with E-state index in [1.54, 1.807) is 45.2 Å². The van der Waals surface area contributed by atoms with Crippen LogP contribution < -0.4 is 36.3 Å². The Morgan fingerprint density at radius 2 is 0.475 bits per heavy atom. The topological polar surface area (TPSA) is 420 Å². The van der Waals surface area contributed by atoms with Gasteiger partial charge in [-0.25, -0.2) is 0 Å². The summed E-state index contributed by atoms with van der Waals surface area (Å²) in [5.74, 6) is 1.42. The molecule has 16 N–H and O–H groups in total. The van der Waals surface area contributed by atoms with Crippen molar-refractivity contribution >= 4 is 91.9 Å². The van der Waals surface area contributed by atoms with Crippen LogP contribution in [0.15, 0.2) is 5.82 Å². The molecule has 5 atom stereocenters. The fourth-order valence-electron chi connectivity index (χ4n) is 4.26. The summed E-state index contributed by atoms with van der Waals surface area (Å²) in [6, 6.07) is 0. The quantitative estimate of drug-likeness (QED) is 0.0923. The van der Waals surface area contributed by atoms with Crippen molar-refractivity contribution in [3.8, 4) is 0 Å². The number of likely N-dealkylation sites (tertiary alicyclic amines) is 4. The third kappa shape index (κ3) is 350. The van der Waals surface area contributed by atoms with Gasteiger partial charge in [0.05, 0.1) is 0 Å². The summed E-state index contributed by atoms with van der Waals surface area (Å²) in [7, 11) is 26.4. The van der Waals surface area contributed by atoms with Gasteiger partial charge in [-0.15, -0.1) is 0 Å². The van der Waals surface area contributed by atoms with Crippen molar-refractivity contribution in [2.45, 2.75) is 112 Å². The van der Waals surface area contributed by atoms with Crippen LogP contribution in [0.25, 0.3) is 34.4 Å². The molecule has 0 aromatic carbocycles. The van der Waals surface area contributed by atoms with E-state index in [9.17, 15) is 19.2 Å². The third-order valence-corrected chi connectivity index (χ3v) is 6.72. The normalized spacial score (nSPS) is 10.7. The van der Waals surface area contributed by atoms with Gasteiger partial charge in [-0.1, -0.05) is 124 Å². The molecule has 7 fully saturated rings. The van der Waals surface area contributed by atoms with Crippen LogP contribution in [0.4, 0.5) is 0 Å². The van der Waals surface area contributed by atoms with E-state index in [-0.39, 0.29) is 348 Å². The third-order valence-electron chi connectivity index (χ3n) is 6.72. The van der Waals surface area contributed by atoms with Crippen LogP contribution in [-0.2, 0) is 329 Å². The van der Waals surface area contributed by atoms with Gasteiger partial charge in [-0.2, -0.15) is 122 Å². The first-order valence-corrected chi connectivity index (χ1v) is 26.9. The Labute approximate surface area is 832 Å². The average molecular weight is 3030 g/mol. The summed E-state index contributed by atoms with van der Waals surface area (Å²) in [6.07, 6.45) is 23.5. The molecule has 0 spiro atoms. The zero-order chi connectivity index (χ0) is 64.7. The van der Waals surface area contributed by atoms with Crippen LogP contribution in [0.1, 0.15) is 112 Å². The number of rotatable bonds is 4. The summed E-state index contributed by atoms with van der Waals surface area (Å²) in [5.41, 5.74) is 34.5. The molecule has 47 heteroatoms. The Balaban J connectivity index is -0.0000000130. The molecule has 604 valence electrons. The standard InChI is InChI=1S/4C5H7NO.3C4H8N.C2H4P.4CH6NP.6CH4N.3CHO2.3CH4.4CH3.8V.7W/c4*7-5-6-3-1-2-4-6;3*1-2-4-5-3-1;5*1-2-3;6*1-2;3*2-1-3;;;;;;;;;;;;;;;;;;;;;;/h4*3H,1-2,4H2;3*3,5H,1-2,4H2;1-2H,3H2;4*2H,3H2,1H3;6*2H,1H3;3*(H,2,3);3*1H4;4*1H3;;;;;;;;;;;;;;;/q4*-2;4*-1;;;;;9*-1;;;;4*-1;8*+2;;;;;;2*+2. The zero-order valence-electron chi connectivity index (χ0n) is 59.4. The van der Waals surface area contributed by atoms with Crippen molar-refractivity contribution in [2.24, 2.45) is 0 Å². The van der Waals surface area contributed by atoms with Gasteiger partial charge in [-0.3, -0.25) is 51.6 Å². The molecule has 4 amide bonds. The van der Waals surface area contributed by atoms with Crippen LogP contribution >= 0.6 is 46.8 Å². The Morgan fingerprint density at radius 1 is 0.366 bits per heavy atom. The van der Waals surface area contributed by atoms with E-state index in [0.717, 1.165) is 77.5 Å². The fourth-order valence-corrected chi connectivity index (χ4v) is 4.26. The Hall–Kier alpha value is 7.15. The minimum absolute atomic E-state index is 0. The van der Waals surface area contributed by atoms with Gasteiger partial charge in [0.2, 0.25) is 0 Å². The predicted molar refractivity (Wildman–Crippen MR) is 394 cm³/mol. The van der Waals surface area contributed by atoms with Crippen molar-refractivity contribution < 1.29 is 345 Å².